The predicted molar refractivity (Wildman–Crippen MR) is 92.1 cm³/mol. The Balaban J connectivity index is 1.74. The first-order chi connectivity index (χ1) is 11.6. The fraction of sp³-hybridized carbons (Fsp3) is 0.158. The van der Waals surface area contributed by atoms with Crippen LogP contribution in [0.3, 0.4) is 0 Å². The van der Waals surface area contributed by atoms with E-state index in [1.54, 1.807) is 35.2 Å². The van der Waals surface area contributed by atoms with Crippen LogP contribution >= 0.6 is 0 Å². The smallest absolute Gasteiger partial charge is 0.248 e. The van der Waals surface area contributed by atoms with Crippen LogP contribution in [0.2, 0.25) is 0 Å². The molecule has 0 saturated carbocycles. The summed E-state index contributed by atoms with van der Waals surface area (Å²) in [5.74, 6) is -0.624. The molecule has 0 unspecified atom stereocenters. The van der Waals surface area contributed by atoms with E-state index < -0.39 is 0 Å². The van der Waals surface area contributed by atoms with Crippen molar-refractivity contribution in [2.24, 2.45) is 0 Å². The minimum absolute atomic E-state index is 0.0620. The lowest BCUT2D eigenvalue weighted by Crippen LogP contribution is -2.25. The van der Waals surface area contributed by atoms with Crippen molar-refractivity contribution >= 4 is 29.3 Å². The maximum Gasteiger partial charge on any atom is 0.248 e. The van der Waals surface area contributed by atoms with Crippen LogP contribution in [0.5, 0.6) is 0 Å². The molecule has 2 aromatic carbocycles. The van der Waals surface area contributed by atoms with Gasteiger partial charge in [0.1, 0.15) is 5.82 Å². The molecule has 2 aromatic rings. The molecule has 0 aromatic heterocycles. The quantitative estimate of drug-likeness (QED) is 0.874. The van der Waals surface area contributed by atoms with Crippen molar-refractivity contribution in [2.45, 2.75) is 12.8 Å². The highest BCUT2D eigenvalue weighted by Gasteiger charge is 2.23. The highest BCUT2D eigenvalue weighted by atomic mass is 19.1. The Hall–Kier alpha value is -2.95. The summed E-state index contributed by atoms with van der Waals surface area (Å²) < 4.78 is 13.1. The first kappa shape index (κ1) is 15.9. The first-order valence-electron chi connectivity index (χ1n) is 7.77. The summed E-state index contributed by atoms with van der Waals surface area (Å²) >= 11 is 0. The van der Waals surface area contributed by atoms with E-state index in [2.05, 4.69) is 5.32 Å². The molecule has 1 heterocycles. The highest BCUT2D eigenvalue weighted by Crippen LogP contribution is 2.29. The molecule has 1 aliphatic heterocycles. The van der Waals surface area contributed by atoms with Crippen molar-refractivity contribution in [3.8, 4) is 0 Å². The number of carbonyl (C=O) groups is 2. The third kappa shape index (κ3) is 3.68. The number of carbonyl (C=O) groups excluding carboxylic acids is 2. The number of amides is 2. The number of anilines is 2. The predicted octanol–water partition coefficient (Wildman–Crippen LogP) is 3.60. The second kappa shape index (κ2) is 7.08. The third-order valence-corrected chi connectivity index (χ3v) is 3.80. The molecular formula is C19H17FN2O2. The molecule has 2 amide bonds. The molecule has 0 radical (unpaired) electrons. The molecule has 3 rings (SSSR count). The van der Waals surface area contributed by atoms with Gasteiger partial charge >= 0.3 is 0 Å². The minimum atomic E-state index is -0.351. The van der Waals surface area contributed by atoms with Crippen molar-refractivity contribution in [3.05, 3.63) is 66.0 Å². The average molecular weight is 324 g/mol. The third-order valence-electron chi connectivity index (χ3n) is 3.80. The molecule has 122 valence electrons. The zero-order valence-corrected chi connectivity index (χ0v) is 13.0. The Bertz CT molecular complexity index is 801. The van der Waals surface area contributed by atoms with Gasteiger partial charge in [-0.1, -0.05) is 24.3 Å². The van der Waals surface area contributed by atoms with E-state index in [1.807, 2.05) is 12.1 Å². The van der Waals surface area contributed by atoms with E-state index in [0.717, 1.165) is 6.42 Å². The van der Waals surface area contributed by atoms with Gasteiger partial charge in [-0.15, -0.1) is 0 Å². The van der Waals surface area contributed by atoms with Crippen LogP contribution in [-0.4, -0.2) is 18.4 Å². The second-order valence-electron chi connectivity index (χ2n) is 5.54. The minimum Gasteiger partial charge on any atom is -0.321 e. The Morgan fingerprint density at radius 2 is 2.00 bits per heavy atom. The maximum atomic E-state index is 13.1. The Labute approximate surface area is 139 Å². The summed E-state index contributed by atoms with van der Waals surface area (Å²) in [6.07, 6.45) is 4.24. The number of benzene rings is 2. The molecule has 1 saturated heterocycles. The van der Waals surface area contributed by atoms with Gasteiger partial charge in [-0.3, -0.25) is 9.59 Å². The van der Waals surface area contributed by atoms with Gasteiger partial charge in [0.05, 0.1) is 11.4 Å². The van der Waals surface area contributed by atoms with Crippen LogP contribution in [0, 0.1) is 5.82 Å². The summed E-state index contributed by atoms with van der Waals surface area (Å²) in [6, 6.07) is 13.2. The summed E-state index contributed by atoms with van der Waals surface area (Å²) in [6.45, 7) is 0.658. The zero-order valence-electron chi connectivity index (χ0n) is 13.0. The number of rotatable bonds is 4. The van der Waals surface area contributed by atoms with Crippen LogP contribution in [-0.2, 0) is 9.59 Å². The Morgan fingerprint density at radius 3 is 2.75 bits per heavy atom. The van der Waals surface area contributed by atoms with Crippen molar-refractivity contribution in [1.29, 1.82) is 0 Å². The van der Waals surface area contributed by atoms with Crippen molar-refractivity contribution in [3.63, 3.8) is 0 Å². The molecule has 1 N–H and O–H groups in total. The second-order valence-corrected chi connectivity index (χ2v) is 5.54. The SMILES string of the molecule is O=C(/C=C/c1cccc(F)c1)Nc1ccccc1N1CCCC1=O. The van der Waals surface area contributed by atoms with Crippen LogP contribution in [0.1, 0.15) is 18.4 Å². The van der Waals surface area contributed by atoms with Gasteiger partial charge in [-0.2, -0.15) is 0 Å². The van der Waals surface area contributed by atoms with Gasteiger partial charge < -0.3 is 10.2 Å². The van der Waals surface area contributed by atoms with Gasteiger partial charge in [0, 0.05) is 19.0 Å². The number of para-hydroxylation sites is 2. The van der Waals surface area contributed by atoms with Crippen LogP contribution in [0.15, 0.2) is 54.6 Å². The Kier molecular flexibility index (Phi) is 4.70. The molecule has 24 heavy (non-hydrogen) atoms. The highest BCUT2D eigenvalue weighted by molar-refractivity contribution is 6.06. The number of hydrogen-bond acceptors (Lipinski definition) is 2. The van der Waals surface area contributed by atoms with Gasteiger partial charge in [-0.25, -0.2) is 4.39 Å². The van der Waals surface area contributed by atoms with Crippen LogP contribution in [0.4, 0.5) is 15.8 Å². The molecule has 1 aliphatic rings. The fourth-order valence-electron chi connectivity index (χ4n) is 2.67. The van der Waals surface area contributed by atoms with E-state index in [0.29, 0.717) is 29.9 Å². The number of halogens is 1. The lowest BCUT2D eigenvalue weighted by Gasteiger charge is -2.19. The lowest BCUT2D eigenvalue weighted by molar-refractivity contribution is -0.117. The van der Waals surface area contributed by atoms with E-state index in [4.69, 9.17) is 0 Å². The zero-order chi connectivity index (χ0) is 16.9. The molecule has 4 nitrogen and oxygen atoms in total. The molecular weight excluding hydrogens is 307 g/mol. The molecule has 0 aliphatic carbocycles. The lowest BCUT2D eigenvalue weighted by atomic mass is 10.2. The summed E-state index contributed by atoms with van der Waals surface area (Å²) in [4.78, 5) is 25.7. The Morgan fingerprint density at radius 1 is 1.17 bits per heavy atom. The van der Waals surface area contributed by atoms with E-state index in [1.165, 1.54) is 18.2 Å². The molecule has 0 bridgehead atoms. The first-order valence-corrected chi connectivity index (χ1v) is 7.77. The monoisotopic (exact) mass is 324 g/mol. The topological polar surface area (TPSA) is 49.4 Å². The largest absolute Gasteiger partial charge is 0.321 e. The molecule has 0 atom stereocenters. The fourth-order valence-corrected chi connectivity index (χ4v) is 2.67. The van der Waals surface area contributed by atoms with Crippen molar-refractivity contribution in [2.75, 3.05) is 16.8 Å². The normalized spacial score (nSPS) is 14.4. The molecule has 0 spiro atoms. The standard InChI is InChI=1S/C19H17FN2O2/c20-15-6-3-5-14(13-15)10-11-18(23)21-16-7-1-2-8-17(16)22-12-4-9-19(22)24/h1-3,5-8,10-11,13H,4,9,12H2,(H,21,23)/b11-10+. The van der Waals surface area contributed by atoms with Gasteiger partial charge in [0.15, 0.2) is 0 Å². The number of nitrogens with zero attached hydrogens (tertiary/aromatic N) is 1. The van der Waals surface area contributed by atoms with Crippen LogP contribution in [0.25, 0.3) is 6.08 Å². The van der Waals surface area contributed by atoms with Gasteiger partial charge in [0.2, 0.25) is 11.8 Å². The van der Waals surface area contributed by atoms with E-state index in [9.17, 15) is 14.0 Å². The molecule has 1 fully saturated rings. The van der Waals surface area contributed by atoms with E-state index >= 15 is 0 Å². The van der Waals surface area contributed by atoms with Crippen molar-refractivity contribution in [1.82, 2.24) is 0 Å². The van der Waals surface area contributed by atoms with E-state index in [-0.39, 0.29) is 17.6 Å². The van der Waals surface area contributed by atoms with Crippen molar-refractivity contribution < 1.29 is 14.0 Å². The summed E-state index contributed by atoms with van der Waals surface area (Å²) in [5.41, 5.74) is 1.89. The van der Waals surface area contributed by atoms with Gasteiger partial charge in [0.25, 0.3) is 0 Å². The summed E-state index contributed by atoms with van der Waals surface area (Å²) in [5, 5.41) is 2.78. The van der Waals surface area contributed by atoms with Gasteiger partial charge in [-0.05, 0) is 42.3 Å². The maximum absolute atomic E-state index is 13.1. The summed E-state index contributed by atoms with van der Waals surface area (Å²) in [7, 11) is 0. The van der Waals surface area contributed by atoms with Crippen LogP contribution < -0.4 is 10.2 Å². The number of nitrogens with one attached hydrogen (secondary N) is 1. The number of hydrogen-bond donors (Lipinski definition) is 1. The molecule has 5 heteroatoms. The average Bonchev–Trinajstić information content (AvgIpc) is 2.99.